The number of carbonyl (C=O) groups excluding carboxylic acids is 2. The van der Waals surface area contributed by atoms with Crippen molar-refractivity contribution in [1.82, 2.24) is 10.2 Å². The van der Waals surface area contributed by atoms with Crippen molar-refractivity contribution >= 4 is 61.5 Å². The summed E-state index contributed by atoms with van der Waals surface area (Å²) in [5.41, 5.74) is 2.22. The lowest BCUT2D eigenvalue weighted by Gasteiger charge is -2.33. The van der Waals surface area contributed by atoms with Gasteiger partial charge >= 0.3 is 0 Å². The van der Waals surface area contributed by atoms with Gasteiger partial charge in [0.1, 0.15) is 6.04 Å². The molecule has 6 rings (SSSR count). The molecule has 1 heterocycles. The zero-order valence-corrected chi connectivity index (χ0v) is 27.1. The van der Waals surface area contributed by atoms with E-state index in [1.54, 1.807) is 41.3 Å². The predicted octanol–water partition coefficient (Wildman–Crippen LogP) is 7.13. The Bertz CT molecular complexity index is 1820. The van der Waals surface area contributed by atoms with E-state index < -0.39 is 16.1 Å². The zero-order valence-electron chi connectivity index (χ0n) is 24.8. The van der Waals surface area contributed by atoms with Gasteiger partial charge in [0.15, 0.2) is 0 Å². The summed E-state index contributed by atoms with van der Waals surface area (Å²) in [6.45, 7) is 0.242. The number of hydrogen-bond acceptors (Lipinski definition) is 4. The van der Waals surface area contributed by atoms with Gasteiger partial charge in [-0.1, -0.05) is 96.7 Å². The van der Waals surface area contributed by atoms with Crippen LogP contribution in [0.4, 0.5) is 5.69 Å². The van der Waals surface area contributed by atoms with Gasteiger partial charge in [0.25, 0.3) is 10.0 Å². The average molecular weight is 665 g/mol. The molecule has 10 heteroatoms. The topological polar surface area (TPSA) is 86.8 Å². The molecule has 45 heavy (non-hydrogen) atoms. The number of nitrogens with zero attached hydrogens (tertiary/aromatic N) is 2. The first-order chi connectivity index (χ1) is 21.7. The van der Waals surface area contributed by atoms with Crippen LogP contribution in [0.15, 0.2) is 89.8 Å². The molecule has 1 aliphatic carbocycles. The van der Waals surface area contributed by atoms with Gasteiger partial charge in [0.2, 0.25) is 11.8 Å². The van der Waals surface area contributed by atoms with Crippen LogP contribution in [0.3, 0.4) is 0 Å². The van der Waals surface area contributed by atoms with Crippen LogP contribution in [-0.2, 0) is 32.6 Å². The highest BCUT2D eigenvalue weighted by Gasteiger charge is 2.36. The van der Waals surface area contributed by atoms with E-state index in [0.29, 0.717) is 33.1 Å². The number of sulfonamides is 1. The van der Waals surface area contributed by atoms with Crippen LogP contribution in [0.1, 0.15) is 49.7 Å². The Morgan fingerprint density at radius 2 is 1.67 bits per heavy atom. The van der Waals surface area contributed by atoms with Crippen molar-refractivity contribution in [2.75, 3.05) is 10.8 Å². The quantitative estimate of drug-likeness (QED) is 0.185. The Kier molecular flexibility index (Phi) is 9.36. The minimum Gasteiger partial charge on any atom is -0.352 e. The molecule has 2 amide bonds. The Labute approximate surface area is 274 Å². The van der Waals surface area contributed by atoms with E-state index in [1.165, 1.54) is 4.31 Å². The third-order valence-electron chi connectivity index (χ3n) is 8.76. The molecule has 0 unspecified atom stereocenters. The molecule has 0 spiro atoms. The van der Waals surface area contributed by atoms with Gasteiger partial charge in [-0.25, -0.2) is 8.42 Å². The van der Waals surface area contributed by atoms with E-state index in [1.807, 2.05) is 48.5 Å². The van der Waals surface area contributed by atoms with Gasteiger partial charge in [-0.2, -0.15) is 0 Å². The van der Waals surface area contributed by atoms with E-state index in [9.17, 15) is 18.0 Å². The van der Waals surface area contributed by atoms with Crippen molar-refractivity contribution in [2.24, 2.45) is 0 Å². The molecule has 234 valence electrons. The van der Waals surface area contributed by atoms with Crippen LogP contribution in [0.25, 0.3) is 10.8 Å². The summed E-state index contributed by atoms with van der Waals surface area (Å²) in [7, 11) is -3.74. The molecular formula is C35H35Cl2N3O4S. The number of nitrogens with one attached hydrogen (secondary N) is 1. The Morgan fingerprint density at radius 3 is 2.40 bits per heavy atom. The summed E-state index contributed by atoms with van der Waals surface area (Å²) in [5, 5.41) is 5.65. The van der Waals surface area contributed by atoms with Gasteiger partial charge in [-0.3, -0.25) is 13.9 Å². The number of anilines is 1. The average Bonchev–Trinajstić information content (AvgIpc) is 3.61. The van der Waals surface area contributed by atoms with Crippen LogP contribution in [0, 0.1) is 0 Å². The van der Waals surface area contributed by atoms with Gasteiger partial charge in [-0.05, 0) is 60.0 Å². The number of halogens is 2. The number of hydrogen-bond donors (Lipinski definition) is 1. The van der Waals surface area contributed by atoms with Crippen molar-refractivity contribution in [2.45, 2.75) is 68.5 Å². The number of amides is 2. The van der Waals surface area contributed by atoms with Gasteiger partial charge in [-0.15, -0.1) is 0 Å². The lowest BCUT2D eigenvalue weighted by Crippen LogP contribution is -2.52. The first-order valence-electron chi connectivity index (χ1n) is 15.3. The normalized spacial score (nSPS) is 16.2. The maximum absolute atomic E-state index is 14.2. The summed E-state index contributed by atoms with van der Waals surface area (Å²) in [6.07, 6.45) is 4.61. The number of rotatable bonds is 11. The van der Waals surface area contributed by atoms with E-state index >= 15 is 0 Å². The first-order valence-corrected chi connectivity index (χ1v) is 17.5. The molecule has 1 atom stereocenters. The lowest BCUT2D eigenvalue weighted by atomic mass is 10.0. The van der Waals surface area contributed by atoms with Crippen LogP contribution >= 0.6 is 23.2 Å². The minimum absolute atomic E-state index is 0.0472. The van der Waals surface area contributed by atoms with Crippen LogP contribution in [0.2, 0.25) is 10.0 Å². The fourth-order valence-electron chi connectivity index (χ4n) is 6.47. The molecular weight excluding hydrogens is 629 g/mol. The van der Waals surface area contributed by atoms with Gasteiger partial charge < -0.3 is 10.2 Å². The van der Waals surface area contributed by atoms with Crippen molar-refractivity contribution in [3.8, 4) is 0 Å². The SMILES string of the molecule is O=C(NC1CCCC1)[C@@H](Cc1ccccc1)N(Cc1ccc(Cl)cc1Cl)C(=O)CCCN1c2cccc3cccc(c23)S1(=O)=O. The van der Waals surface area contributed by atoms with Gasteiger partial charge in [0, 0.05) is 47.4 Å². The molecule has 1 fully saturated rings. The lowest BCUT2D eigenvalue weighted by molar-refractivity contribution is -0.141. The third-order valence-corrected chi connectivity index (χ3v) is 11.2. The van der Waals surface area contributed by atoms with E-state index in [-0.39, 0.29) is 48.7 Å². The number of benzene rings is 4. The zero-order chi connectivity index (χ0) is 31.6. The van der Waals surface area contributed by atoms with Crippen LogP contribution in [-0.4, -0.2) is 43.8 Å². The highest BCUT2D eigenvalue weighted by Crippen LogP contribution is 2.42. The maximum atomic E-state index is 14.2. The molecule has 1 saturated carbocycles. The molecule has 0 bridgehead atoms. The van der Waals surface area contributed by atoms with Crippen molar-refractivity contribution in [1.29, 1.82) is 0 Å². The maximum Gasteiger partial charge on any atom is 0.265 e. The second-order valence-electron chi connectivity index (χ2n) is 11.8. The standard InChI is InChI=1S/C35H35Cl2N3O4S/c36-27-19-18-26(29(37)22-27)23-39(31(21-24-9-2-1-3-10-24)35(42)38-28-13-4-5-14-28)33(41)17-8-20-40-30-15-6-11-25-12-7-16-32(34(25)30)45(40,43)44/h1-3,6-7,9-12,15-16,18-19,22,28,31H,4-5,8,13-14,17,20-21,23H2,(H,38,42)/t31-/m1/s1. The molecule has 0 radical (unpaired) electrons. The molecule has 1 aliphatic heterocycles. The Balaban J connectivity index is 1.26. The summed E-state index contributed by atoms with van der Waals surface area (Å²) < 4.78 is 28.4. The number of carbonyl (C=O) groups is 2. The van der Waals surface area contributed by atoms with E-state index in [0.717, 1.165) is 36.6 Å². The second kappa shape index (κ2) is 13.4. The van der Waals surface area contributed by atoms with Crippen molar-refractivity contribution in [3.63, 3.8) is 0 Å². The molecule has 0 aromatic heterocycles. The Morgan fingerprint density at radius 1 is 0.933 bits per heavy atom. The molecule has 2 aliphatic rings. The fourth-order valence-corrected chi connectivity index (χ4v) is 8.69. The van der Waals surface area contributed by atoms with Gasteiger partial charge in [0.05, 0.1) is 10.6 Å². The molecule has 4 aromatic carbocycles. The summed E-state index contributed by atoms with van der Waals surface area (Å²) in [4.78, 5) is 30.0. The minimum atomic E-state index is -3.74. The second-order valence-corrected chi connectivity index (χ2v) is 14.4. The highest BCUT2D eigenvalue weighted by atomic mass is 35.5. The Hall–Kier alpha value is -3.59. The van der Waals surface area contributed by atoms with E-state index in [4.69, 9.17) is 23.2 Å². The predicted molar refractivity (Wildman–Crippen MR) is 179 cm³/mol. The molecule has 0 saturated heterocycles. The van der Waals surface area contributed by atoms with Crippen molar-refractivity contribution in [3.05, 3.63) is 106 Å². The summed E-state index contributed by atoms with van der Waals surface area (Å²) >= 11 is 12.7. The largest absolute Gasteiger partial charge is 0.352 e. The molecule has 7 nitrogen and oxygen atoms in total. The van der Waals surface area contributed by atoms with Crippen LogP contribution < -0.4 is 9.62 Å². The smallest absolute Gasteiger partial charge is 0.265 e. The third kappa shape index (κ3) is 6.69. The highest BCUT2D eigenvalue weighted by molar-refractivity contribution is 7.93. The van der Waals surface area contributed by atoms with E-state index in [2.05, 4.69) is 5.32 Å². The summed E-state index contributed by atoms with van der Waals surface area (Å²) in [6, 6.07) is 24.9. The monoisotopic (exact) mass is 663 g/mol. The summed E-state index contributed by atoms with van der Waals surface area (Å²) in [5.74, 6) is -0.454. The fraction of sp³-hybridized carbons (Fsp3) is 0.314. The van der Waals surface area contributed by atoms with Crippen molar-refractivity contribution < 1.29 is 18.0 Å². The van der Waals surface area contributed by atoms with Crippen LogP contribution in [0.5, 0.6) is 0 Å². The molecule has 4 aromatic rings. The molecule has 1 N–H and O–H groups in total. The first kappa shape index (κ1) is 31.4.